The van der Waals surface area contributed by atoms with Gasteiger partial charge in [0.1, 0.15) is 5.82 Å². The van der Waals surface area contributed by atoms with E-state index < -0.39 is 0 Å². The van der Waals surface area contributed by atoms with Crippen molar-refractivity contribution < 1.29 is 4.39 Å². The third-order valence-corrected chi connectivity index (χ3v) is 5.90. The third-order valence-electron chi connectivity index (χ3n) is 5.90. The van der Waals surface area contributed by atoms with Crippen LogP contribution in [0.25, 0.3) is 11.1 Å². The largest absolute Gasteiger partial charge is 0.206 e. The van der Waals surface area contributed by atoms with Crippen molar-refractivity contribution in [3.8, 4) is 11.1 Å². The Morgan fingerprint density at radius 2 is 1.42 bits per heavy atom. The lowest BCUT2D eigenvalue weighted by atomic mass is 10.00. The second kappa shape index (κ2) is 13.5. The second-order valence-electron chi connectivity index (χ2n) is 8.54. The molecule has 2 nitrogen and oxygen atoms in total. The summed E-state index contributed by atoms with van der Waals surface area (Å²) in [6.07, 6.45) is 12.8. The van der Waals surface area contributed by atoms with Crippen molar-refractivity contribution in [2.75, 3.05) is 0 Å². The number of benzene rings is 3. The van der Waals surface area contributed by atoms with Gasteiger partial charge < -0.3 is 0 Å². The number of halogens is 1. The van der Waals surface area contributed by atoms with Crippen LogP contribution in [0.2, 0.25) is 0 Å². The highest BCUT2D eigenvalue weighted by Crippen LogP contribution is 2.24. The molecule has 0 fully saturated rings. The number of nitrogens with zero attached hydrogens (tertiary/aromatic N) is 2. The topological polar surface area (TPSA) is 24.7 Å². The Bertz CT molecular complexity index is 1050. The van der Waals surface area contributed by atoms with E-state index in [1.807, 2.05) is 30.3 Å². The SMILES string of the molecule is CCCCCc1ccc(-c2ccc(C=NN=Cc3ccccc3CCCCC)cc2F)cc1. The summed E-state index contributed by atoms with van der Waals surface area (Å²) in [4.78, 5) is 0. The average molecular weight is 443 g/mol. The molecule has 0 bridgehead atoms. The van der Waals surface area contributed by atoms with E-state index in [1.165, 1.54) is 55.7 Å². The summed E-state index contributed by atoms with van der Waals surface area (Å²) >= 11 is 0. The minimum atomic E-state index is -0.247. The van der Waals surface area contributed by atoms with Gasteiger partial charge in [-0.3, -0.25) is 0 Å². The van der Waals surface area contributed by atoms with Crippen LogP contribution in [0.15, 0.2) is 76.9 Å². The van der Waals surface area contributed by atoms with Crippen LogP contribution in [0, 0.1) is 5.82 Å². The van der Waals surface area contributed by atoms with Crippen LogP contribution in [0.4, 0.5) is 4.39 Å². The number of unbranched alkanes of at least 4 members (excludes halogenated alkanes) is 4. The zero-order chi connectivity index (χ0) is 23.3. The van der Waals surface area contributed by atoms with Gasteiger partial charge in [-0.15, -0.1) is 0 Å². The highest BCUT2D eigenvalue weighted by molar-refractivity contribution is 5.84. The van der Waals surface area contributed by atoms with Crippen LogP contribution in [0.3, 0.4) is 0 Å². The molecular formula is C30H35FN2. The Morgan fingerprint density at radius 3 is 2.15 bits per heavy atom. The van der Waals surface area contributed by atoms with E-state index in [-0.39, 0.29) is 5.82 Å². The van der Waals surface area contributed by atoms with Crippen LogP contribution in [-0.4, -0.2) is 12.4 Å². The van der Waals surface area contributed by atoms with Crippen molar-refractivity contribution >= 4 is 12.4 Å². The minimum Gasteiger partial charge on any atom is -0.206 e. The Morgan fingerprint density at radius 1 is 0.727 bits per heavy atom. The van der Waals surface area contributed by atoms with Crippen LogP contribution in [-0.2, 0) is 12.8 Å². The molecule has 0 saturated carbocycles. The van der Waals surface area contributed by atoms with Gasteiger partial charge in [0.05, 0.1) is 12.4 Å². The molecule has 0 radical (unpaired) electrons. The molecule has 0 saturated heterocycles. The van der Waals surface area contributed by atoms with Crippen molar-refractivity contribution in [1.82, 2.24) is 0 Å². The van der Waals surface area contributed by atoms with Crippen molar-refractivity contribution in [2.45, 2.75) is 65.2 Å². The summed E-state index contributed by atoms with van der Waals surface area (Å²) in [5, 5.41) is 8.34. The van der Waals surface area contributed by atoms with Gasteiger partial charge in [0, 0.05) is 5.56 Å². The lowest BCUT2D eigenvalue weighted by Gasteiger charge is -2.06. The molecule has 3 aromatic carbocycles. The molecule has 3 aromatic rings. The molecule has 0 N–H and O–H groups in total. The summed E-state index contributed by atoms with van der Waals surface area (Å²) in [5.74, 6) is -0.247. The maximum atomic E-state index is 14.8. The Labute approximate surface area is 198 Å². The molecule has 0 aliphatic rings. The number of hydrogen-bond acceptors (Lipinski definition) is 2. The Kier molecular flexibility index (Phi) is 10.0. The fourth-order valence-corrected chi connectivity index (χ4v) is 3.92. The summed E-state index contributed by atoms with van der Waals surface area (Å²) < 4.78 is 14.8. The van der Waals surface area contributed by atoms with Gasteiger partial charge >= 0.3 is 0 Å². The molecule has 0 aliphatic carbocycles. The van der Waals surface area contributed by atoms with Crippen molar-refractivity contribution in [2.24, 2.45) is 10.2 Å². The van der Waals surface area contributed by atoms with E-state index in [0.717, 1.165) is 24.0 Å². The Hall–Kier alpha value is -3.07. The fraction of sp³-hybridized carbons (Fsp3) is 0.333. The normalized spacial score (nSPS) is 11.6. The predicted molar refractivity (Wildman–Crippen MR) is 140 cm³/mol. The monoisotopic (exact) mass is 442 g/mol. The lowest BCUT2D eigenvalue weighted by molar-refractivity contribution is 0.631. The van der Waals surface area contributed by atoms with E-state index in [0.29, 0.717) is 11.1 Å². The van der Waals surface area contributed by atoms with E-state index in [4.69, 9.17) is 0 Å². The molecule has 0 atom stereocenters. The lowest BCUT2D eigenvalue weighted by Crippen LogP contribution is -1.93. The molecule has 3 heteroatoms. The standard InChI is InChI=1S/C30H35FN2/c1-3-5-7-11-24-15-18-27(19-16-24)29-20-17-25(21-30(29)31)22-32-33-23-28-14-10-9-13-26(28)12-8-6-4-2/h9-10,13-23H,3-8,11-12H2,1-2H3. The van der Waals surface area contributed by atoms with E-state index in [2.05, 4.69) is 54.4 Å². The van der Waals surface area contributed by atoms with Gasteiger partial charge in [-0.05, 0) is 59.6 Å². The molecular weight excluding hydrogens is 407 g/mol. The second-order valence-corrected chi connectivity index (χ2v) is 8.54. The first-order valence-electron chi connectivity index (χ1n) is 12.2. The zero-order valence-electron chi connectivity index (χ0n) is 19.9. The van der Waals surface area contributed by atoms with Crippen molar-refractivity contribution in [1.29, 1.82) is 0 Å². The van der Waals surface area contributed by atoms with Gasteiger partial charge in [0.25, 0.3) is 0 Å². The van der Waals surface area contributed by atoms with E-state index in [1.54, 1.807) is 12.4 Å². The molecule has 0 spiro atoms. The number of rotatable bonds is 12. The third kappa shape index (κ3) is 7.78. The first-order valence-corrected chi connectivity index (χ1v) is 12.2. The minimum absolute atomic E-state index is 0.247. The van der Waals surface area contributed by atoms with Crippen LogP contribution in [0.5, 0.6) is 0 Å². The summed E-state index contributed by atoms with van der Waals surface area (Å²) in [6.45, 7) is 4.42. The maximum Gasteiger partial charge on any atom is 0.131 e. The summed E-state index contributed by atoms with van der Waals surface area (Å²) in [6, 6.07) is 21.7. The Balaban J connectivity index is 1.62. The number of aryl methyl sites for hydroxylation is 2. The van der Waals surface area contributed by atoms with Crippen LogP contribution < -0.4 is 0 Å². The molecule has 0 amide bonds. The molecule has 0 unspecified atom stereocenters. The van der Waals surface area contributed by atoms with Crippen LogP contribution >= 0.6 is 0 Å². The van der Waals surface area contributed by atoms with Gasteiger partial charge in [-0.1, -0.05) is 100 Å². The quantitative estimate of drug-likeness (QED) is 0.153. The van der Waals surface area contributed by atoms with Gasteiger partial charge in [-0.25, -0.2) is 4.39 Å². The highest BCUT2D eigenvalue weighted by atomic mass is 19.1. The van der Waals surface area contributed by atoms with E-state index in [9.17, 15) is 4.39 Å². The van der Waals surface area contributed by atoms with Crippen molar-refractivity contribution in [3.05, 3.63) is 94.8 Å². The van der Waals surface area contributed by atoms with E-state index >= 15 is 0 Å². The smallest absolute Gasteiger partial charge is 0.131 e. The molecule has 172 valence electrons. The summed E-state index contributed by atoms with van der Waals surface area (Å²) in [5.41, 5.74) is 5.88. The maximum absolute atomic E-state index is 14.8. The molecule has 33 heavy (non-hydrogen) atoms. The first kappa shape index (κ1) is 24.6. The van der Waals surface area contributed by atoms with Crippen molar-refractivity contribution in [3.63, 3.8) is 0 Å². The molecule has 0 aromatic heterocycles. The molecule has 3 rings (SSSR count). The first-order chi connectivity index (χ1) is 16.2. The number of hydrogen-bond donors (Lipinski definition) is 0. The fourth-order valence-electron chi connectivity index (χ4n) is 3.92. The van der Waals surface area contributed by atoms with Gasteiger partial charge in [0.15, 0.2) is 0 Å². The summed E-state index contributed by atoms with van der Waals surface area (Å²) in [7, 11) is 0. The molecule has 0 heterocycles. The zero-order valence-corrected chi connectivity index (χ0v) is 19.9. The van der Waals surface area contributed by atoms with Gasteiger partial charge in [0.2, 0.25) is 0 Å². The average Bonchev–Trinajstić information content (AvgIpc) is 2.84. The van der Waals surface area contributed by atoms with Gasteiger partial charge in [-0.2, -0.15) is 10.2 Å². The highest BCUT2D eigenvalue weighted by Gasteiger charge is 2.06. The van der Waals surface area contributed by atoms with Crippen LogP contribution in [0.1, 0.15) is 74.6 Å². The molecule has 0 aliphatic heterocycles. The predicted octanol–water partition coefficient (Wildman–Crippen LogP) is 8.41.